The lowest BCUT2D eigenvalue weighted by Gasteiger charge is -2.25. The van der Waals surface area contributed by atoms with Crippen LogP contribution in [0.4, 0.5) is 9.18 Å². The van der Waals surface area contributed by atoms with Crippen LogP contribution < -0.4 is 10.6 Å². The number of nitrogens with one attached hydrogen (secondary N) is 2. The van der Waals surface area contributed by atoms with Gasteiger partial charge >= 0.3 is 6.03 Å². The molecule has 0 fully saturated rings. The highest BCUT2D eigenvalue weighted by molar-refractivity contribution is 5.73. The molecule has 2 rings (SSSR count). The summed E-state index contributed by atoms with van der Waals surface area (Å²) >= 11 is 0. The van der Waals surface area contributed by atoms with Gasteiger partial charge in [0.1, 0.15) is 5.82 Å². The standard InChI is InChI=1S/C19H24FN3O/c1-23(2)18(16-9-6-10-17(20)13-16)14-22-19(24)21-12-11-15-7-4-3-5-8-15/h3-10,13,18H,11-12,14H2,1-2H3,(H2,21,22,24). The zero-order chi connectivity index (χ0) is 17.4. The summed E-state index contributed by atoms with van der Waals surface area (Å²) in [5.41, 5.74) is 2.02. The molecule has 4 nitrogen and oxygen atoms in total. The van der Waals surface area contributed by atoms with Gasteiger partial charge in [-0.2, -0.15) is 0 Å². The van der Waals surface area contributed by atoms with E-state index in [9.17, 15) is 9.18 Å². The number of halogens is 1. The molecule has 0 spiro atoms. The molecule has 0 radical (unpaired) electrons. The second-order valence-electron chi connectivity index (χ2n) is 5.91. The molecule has 2 N–H and O–H groups in total. The first kappa shape index (κ1) is 17.9. The molecule has 128 valence electrons. The zero-order valence-electron chi connectivity index (χ0n) is 14.1. The minimum absolute atomic E-state index is 0.0828. The molecular formula is C19H24FN3O. The number of urea groups is 1. The van der Waals surface area contributed by atoms with E-state index in [0.717, 1.165) is 12.0 Å². The second kappa shape index (κ2) is 9.03. The van der Waals surface area contributed by atoms with E-state index in [2.05, 4.69) is 10.6 Å². The average Bonchev–Trinajstić information content (AvgIpc) is 2.56. The summed E-state index contributed by atoms with van der Waals surface area (Å²) in [7, 11) is 3.81. The van der Waals surface area contributed by atoms with Gasteiger partial charge in [0.25, 0.3) is 0 Å². The van der Waals surface area contributed by atoms with Gasteiger partial charge in [0.05, 0.1) is 6.04 Å². The molecule has 24 heavy (non-hydrogen) atoms. The Bertz CT molecular complexity index is 646. The summed E-state index contributed by atoms with van der Waals surface area (Å²) in [6, 6.07) is 16.2. The Morgan fingerprint density at radius 2 is 1.83 bits per heavy atom. The molecule has 1 atom stereocenters. The fourth-order valence-corrected chi connectivity index (χ4v) is 2.53. The van der Waals surface area contributed by atoms with E-state index >= 15 is 0 Å². The molecule has 0 aliphatic heterocycles. The molecule has 2 amide bonds. The Kier molecular flexibility index (Phi) is 6.75. The van der Waals surface area contributed by atoms with Crippen molar-refractivity contribution in [2.24, 2.45) is 0 Å². The van der Waals surface area contributed by atoms with E-state index in [1.165, 1.54) is 17.7 Å². The van der Waals surface area contributed by atoms with Gasteiger partial charge in [-0.25, -0.2) is 9.18 Å². The Labute approximate surface area is 142 Å². The normalized spacial score (nSPS) is 12.0. The number of rotatable bonds is 7. The lowest BCUT2D eigenvalue weighted by molar-refractivity contribution is 0.233. The predicted octanol–water partition coefficient (Wildman–Crippen LogP) is 2.97. The van der Waals surface area contributed by atoms with Gasteiger partial charge < -0.3 is 15.5 Å². The maximum absolute atomic E-state index is 13.4. The van der Waals surface area contributed by atoms with Gasteiger partial charge in [-0.1, -0.05) is 42.5 Å². The van der Waals surface area contributed by atoms with Gasteiger partial charge in [0.15, 0.2) is 0 Å². The molecule has 5 heteroatoms. The van der Waals surface area contributed by atoms with Crippen LogP contribution in [0.25, 0.3) is 0 Å². The summed E-state index contributed by atoms with van der Waals surface area (Å²) in [6.45, 7) is 0.982. The van der Waals surface area contributed by atoms with Crippen molar-refractivity contribution < 1.29 is 9.18 Å². The fourth-order valence-electron chi connectivity index (χ4n) is 2.53. The van der Waals surface area contributed by atoms with Crippen LogP contribution in [0, 0.1) is 5.82 Å². The lowest BCUT2D eigenvalue weighted by Crippen LogP contribution is -2.41. The van der Waals surface area contributed by atoms with Gasteiger partial charge in [-0.15, -0.1) is 0 Å². The van der Waals surface area contributed by atoms with E-state index in [0.29, 0.717) is 13.1 Å². The molecule has 0 heterocycles. The van der Waals surface area contributed by atoms with Gasteiger partial charge in [0, 0.05) is 13.1 Å². The van der Waals surface area contributed by atoms with E-state index < -0.39 is 0 Å². The highest BCUT2D eigenvalue weighted by Gasteiger charge is 2.15. The number of benzene rings is 2. The maximum atomic E-state index is 13.4. The van der Waals surface area contributed by atoms with Crippen molar-refractivity contribution in [2.45, 2.75) is 12.5 Å². The quantitative estimate of drug-likeness (QED) is 0.820. The van der Waals surface area contributed by atoms with Gasteiger partial charge in [0.2, 0.25) is 0 Å². The number of amides is 2. The first-order chi connectivity index (χ1) is 11.6. The number of nitrogens with zero attached hydrogens (tertiary/aromatic N) is 1. The van der Waals surface area contributed by atoms with Crippen LogP contribution in [0.3, 0.4) is 0 Å². The van der Waals surface area contributed by atoms with E-state index in [1.54, 1.807) is 6.07 Å². The number of carbonyl (C=O) groups is 1. The molecule has 0 aliphatic rings. The number of hydrogen-bond donors (Lipinski definition) is 2. The first-order valence-electron chi connectivity index (χ1n) is 8.04. The Morgan fingerprint density at radius 1 is 1.08 bits per heavy atom. The second-order valence-corrected chi connectivity index (χ2v) is 5.91. The van der Waals surface area contributed by atoms with Crippen molar-refractivity contribution in [1.29, 1.82) is 0 Å². The van der Waals surface area contributed by atoms with Crippen molar-refractivity contribution in [1.82, 2.24) is 15.5 Å². The van der Waals surface area contributed by atoms with E-state index in [4.69, 9.17) is 0 Å². The van der Waals surface area contributed by atoms with Gasteiger partial charge in [-0.3, -0.25) is 0 Å². The van der Waals surface area contributed by atoms with Crippen LogP contribution >= 0.6 is 0 Å². The number of likely N-dealkylation sites (N-methyl/N-ethyl adjacent to an activating group) is 1. The molecular weight excluding hydrogens is 305 g/mol. The van der Waals surface area contributed by atoms with E-state index in [-0.39, 0.29) is 17.9 Å². The summed E-state index contributed by atoms with van der Waals surface area (Å²) in [4.78, 5) is 13.9. The largest absolute Gasteiger partial charge is 0.338 e. The van der Waals surface area contributed by atoms with Crippen molar-refractivity contribution in [2.75, 3.05) is 27.2 Å². The summed E-state index contributed by atoms with van der Waals surface area (Å²) in [5, 5.41) is 5.70. The van der Waals surface area contributed by atoms with Crippen molar-refractivity contribution in [3.63, 3.8) is 0 Å². The van der Waals surface area contributed by atoms with Crippen LogP contribution in [0.15, 0.2) is 54.6 Å². The lowest BCUT2D eigenvalue weighted by atomic mass is 10.1. The van der Waals surface area contributed by atoms with Crippen LogP contribution in [-0.4, -0.2) is 38.1 Å². The molecule has 0 aromatic heterocycles. The summed E-state index contributed by atoms with van der Waals surface area (Å²) in [5.74, 6) is -0.272. The third-order valence-electron chi connectivity index (χ3n) is 3.85. The van der Waals surface area contributed by atoms with Crippen molar-refractivity contribution >= 4 is 6.03 Å². The SMILES string of the molecule is CN(C)C(CNC(=O)NCCc1ccccc1)c1cccc(F)c1. The van der Waals surface area contributed by atoms with Crippen LogP contribution in [0.1, 0.15) is 17.2 Å². The third-order valence-corrected chi connectivity index (χ3v) is 3.85. The molecule has 0 saturated carbocycles. The maximum Gasteiger partial charge on any atom is 0.314 e. The van der Waals surface area contributed by atoms with Crippen molar-refractivity contribution in [3.8, 4) is 0 Å². The molecule has 2 aromatic carbocycles. The molecule has 0 aliphatic carbocycles. The fraction of sp³-hybridized carbons (Fsp3) is 0.316. The molecule has 1 unspecified atom stereocenters. The minimum atomic E-state index is -0.272. The Balaban J connectivity index is 1.80. The monoisotopic (exact) mass is 329 g/mol. The van der Waals surface area contributed by atoms with Crippen molar-refractivity contribution in [3.05, 3.63) is 71.5 Å². The minimum Gasteiger partial charge on any atom is -0.338 e. The molecule has 2 aromatic rings. The summed E-state index contributed by atoms with van der Waals surface area (Å²) in [6.07, 6.45) is 0.787. The third kappa shape index (κ3) is 5.66. The Hall–Kier alpha value is -2.40. The number of hydrogen-bond acceptors (Lipinski definition) is 2. The van der Waals surface area contributed by atoms with Crippen LogP contribution in [0.2, 0.25) is 0 Å². The van der Waals surface area contributed by atoms with E-state index in [1.807, 2.05) is 55.4 Å². The highest BCUT2D eigenvalue weighted by atomic mass is 19.1. The topological polar surface area (TPSA) is 44.4 Å². The highest BCUT2D eigenvalue weighted by Crippen LogP contribution is 2.18. The van der Waals surface area contributed by atoms with Gasteiger partial charge in [-0.05, 0) is 43.8 Å². The average molecular weight is 329 g/mol. The molecule has 0 saturated heterocycles. The zero-order valence-corrected chi connectivity index (χ0v) is 14.1. The van der Waals surface area contributed by atoms with Crippen LogP contribution in [0.5, 0.6) is 0 Å². The predicted molar refractivity (Wildman–Crippen MR) is 94.4 cm³/mol. The smallest absolute Gasteiger partial charge is 0.314 e. The summed E-state index contributed by atoms with van der Waals surface area (Å²) < 4.78 is 13.4. The first-order valence-corrected chi connectivity index (χ1v) is 8.04. The molecule has 0 bridgehead atoms. The van der Waals surface area contributed by atoms with Crippen LogP contribution in [-0.2, 0) is 6.42 Å². The number of carbonyl (C=O) groups excluding carboxylic acids is 1. The Morgan fingerprint density at radius 3 is 2.50 bits per heavy atom.